The number of nitrogens with two attached hydrogens (primary N) is 1. The van der Waals surface area contributed by atoms with E-state index in [9.17, 15) is 8.42 Å². The van der Waals surface area contributed by atoms with Gasteiger partial charge in [0.2, 0.25) is 0 Å². The molecule has 1 aromatic heterocycles. The molecule has 1 aliphatic heterocycles. The normalized spacial score (nSPS) is 21.7. The monoisotopic (exact) mass is 229 g/mol. The maximum Gasteiger partial charge on any atom is 0.150 e. The molecule has 2 N–H and O–H groups in total. The zero-order valence-corrected chi connectivity index (χ0v) is 9.50. The first-order valence-corrected chi connectivity index (χ1v) is 6.82. The van der Waals surface area contributed by atoms with E-state index in [1.807, 2.05) is 13.0 Å². The average molecular weight is 229 g/mol. The molecule has 1 aromatic rings. The third-order valence-corrected chi connectivity index (χ3v) is 4.47. The van der Waals surface area contributed by atoms with Crippen LogP contribution in [0.15, 0.2) is 6.07 Å². The minimum absolute atomic E-state index is 0.141. The highest BCUT2D eigenvalue weighted by molar-refractivity contribution is 7.91. The van der Waals surface area contributed by atoms with Crippen molar-refractivity contribution in [3.63, 3.8) is 0 Å². The highest BCUT2D eigenvalue weighted by Crippen LogP contribution is 2.25. The van der Waals surface area contributed by atoms with Gasteiger partial charge in [0.25, 0.3) is 0 Å². The molecule has 0 unspecified atom stereocenters. The van der Waals surface area contributed by atoms with Crippen LogP contribution in [0.25, 0.3) is 0 Å². The second-order valence-electron chi connectivity index (χ2n) is 4.04. The van der Waals surface area contributed by atoms with Crippen molar-refractivity contribution in [1.82, 2.24) is 9.78 Å². The first-order chi connectivity index (χ1) is 6.98. The second-order valence-corrected chi connectivity index (χ2v) is 6.34. The molecule has 0 radical (unpaired) electrons. The molecule has 0 atom stereocenters. The van der Waals surface area contributed by atoms with Gasteiger partial charge in [-0.2, -0.15) is 5.10 Å². The lowest BCUT2D eigenvalue weighted by Crippen LogP contribution is -2.26. The summed E-state index contributed by atoms with van der Waals surface area (Å²) < 4.78 is 24.3. The fourth-order valence-corrected chi connectivity index (χ4v) is 3.42. The van der Waals surface area contributed by atoms with Gasteiger partial charge in [-0.25, -0.2) is 13.1 Å². The molecule has 5 nitrogen and oxygen atoms in total. The van der Waals surface area contributed by atoms with E-state index in [1.54, 1.807) is 4.68 Å². The van der Waals surface area contributed by atoms with E-state index < -0.39 is 9.84 Å². The van der Waals surface area contributed by atoms with Gasteiger partial charge in [0.05, 0.1) is 23.2 Å². The quantitative estimate of drug-likeness (QED) is 0.761. The molecule has 1 fully saturated rings. The largest absolute Gasteiger partial charge is 0.384 e. The summed E-state index contributed by atoms with van der Waals surface area (Å²) in [7, 11) is -2.81. The molecule has 0 spiro atoms. The Morgan fingerprint density at radius 1 is 1.47 bits per heavy atom. The summed E-state index contributed by atoms with van der Waals surface area (Å²) in [5.74, 6) is 1.11. The van der Waals surface area contributed by atoms with Gasteiger partial charge in [-0.3, -0.25) is 0 Å². The summed E-state index contributed by atoms with van der Waals surface area (Å²) in [6, 6.07) is 1.95. The van der Waals surface area contributed by atoms with Gasteiger partial charge in [-0.15, -0.1) is 0 Å². The zero-order chi connectivity index (χ0) is 11.1. The van der Waals surface area contributed by atoms with Crippen LogP contribution in [-0.2, 0) is 9.84 Å². The van der Waals surface area contributed by atoms with Crippen molar-refractivity contribution < 1.29 is 8.42 Å². The van der Waals surface area contributed by atoms with Crippen molar-refractivity contribution >= 4 is 15.7 Å². The van der Waals surface area contributed by atoms with Gasteiger partial charge >= 0.3 is 0 Å². The van der Waals surface area contributed by atoms with Crippen molar-refractivity contribution in [3.8, 4) is 0 Å². The highest BCUT2D eigenvalue weighted by Gasteiger charge is 2.26. The Bertz CT molecular complexity index is 450. The lowest BCUT2D eigenvalue weighted by Gasteiger charge is -2.23. The fourth-order valence-electron chi connectivity index (χ4n) is 1.95. The first-order valence-electron chi connectivity index (χ1n) is 5.00. The smallest absolute Gasteiger partial charge is 0.150 e. The maximum absolute atomic E-state index is 11.3. The summed E-state index contributed by atoms with van der Waals surface area (Å²) in [4.78, 5) is 0. The lowest BCUT2D eigenvalue weighted by atomic mass is 10.2. The number of sulfone groups is 1. The van der Waals surface area contributed by atoms with Crippen molar-refractivity contribution in [2.75, 3.05) is 17.2 Å². The van der Waals surface area contributed by atoms with Crippen molar-refractivity contribution in [2.45, 2.75) is 25.8 Å². The van der Waals surface area contributed by atoms with Gasteiger partial charge < -0.3 is 5.73 Å². The Kier molecular flexibility index (Phi) is 2.46. The van der Waals surface area contributed by atoms with Crippen molar-refractivity contribution in [3.05, 3.63) is 11.8 Å². The Morgan fingerprint density at radius 3 is 2.53 bits per heavy atom. The molecule has 0 aromatic carbocycles. The number of anilines is 1. The predicted molar refractivity (Wildman–Crippen MR) is 58.3 cm³/mol. The van der Waals surface area contributed by atoms with E-state index in [2.05, 4.69) is 5.10 Å². The molecular formula is C9H15N3O2S. The van der Waals surface area contributed by atoms with Gasteiger partial charge in [0, 0.05) is 6.07 Å². The van der Waals surface area contributed by atoms with Gasteiger partial charge in [-0.1, -0.05) is 0 Å². The minimum Gasteiger partial charge on any atom is -0.384 e. The van der Waals surface area contributed by atoms with E-state index in [0.29, 0.717) is 18.7 Å². The van der Waals surface area contributed by atoms with E-state index in [-0.39, 0.29) is 17.5 Å². The molecular weight excluding hydrogens is 214 g/mol. The SMILES string of the molecule is Cc1cc(N)n(C2CCS(=O)(=O)CC2)n1. The van der Waals surface area contributed by atoms with Crippen molar-refractivity contribution in [2.24, 2.45) is 0 Å². The Hall–Kier alpha value is -1.04. The first kappa shape index (κ1) is 10.5. The molecule has 0 saturated carbocycles. The van der Waals surface area contributed by atoms with Gasteiger partial charge in [-0.05, 0) is 19.8 Å². The number of rotatable bonds is 1. The van der Waals surface area contributed by atoms with Crippen LogP contribution >= 0.6 is 0 Å². The minimum atomic E-state index is -2.81. The van der Waals surface area contributed by atoms with Crippen LogP contribution in [-0.4, -0.2) is 29.7 Å². The third-order valence-electron chi connectivity index (χ3n) is 2.76. The van der Waals surface area contributed by atoms with E-state index >= 15 is 0 Å². The average Bonchev–Trinajstić information content (AvgIpc) is 2.45. The van der Waals surface area contributed by atoms with Crippen molar-refractivity contribution in [1.29, 1.82) is 0 Å². The maximum atomic E-state index is 11.3. The lowest BCUT2D eigenvalue weighted by molar-refractivity contribution is 0.417. The highest BCUT2D eigenvalue weighted by atomic mass is 32.2. The molecule has 1 saturated heterocycles. The van der Waals surface area contributed by atoms with E-state index in [1.165, 1.54) is 0 Å². The summed E-state index contributed by atoms with van der Waals surface area (Å²) in [5, 5.41) is 4.28. The number of hydrogen-bond donors (Lipinski definition) is 1. The summed E-state index contributed by atoms with van der Waals surface area (Å²) in [6.07, 6.45) is 1.24. The Morgan fingerprint density at radius 2 is 2.07 bits per heavy atom. The molecule has 0 bridgehead atoms. The second kappa shape index (κ2) is 3.52. The van der Waals surface area contributed by atoms with E-state index in [4.69, 9.17) is 5.73 Å². The number of nitrogens with zero attached hydrogens (tertiary/aromatic N) is 2. The zero-order valence-electron chi connectivity index (χ0n) is 8.68. The summed E-state index contributed by atoms with van der Waals surface area (Å²) in [5.41, 5.74) is 6.67. The molecule has 1 aliphatic rings. The molecule has 2 rings (SSSR count). The van der Waals surface area contributed by atoms with Crippen LogP contribution in [0.5, 0.6) is 0 Å². The molecule has 0 aliphatic carbocycles. The molecule has 6 heteroatoms. The molecule has 84 valence electrons. The van der Waals surface area contributed by atoms with Crippen LogP contribution in [0.2, 0.25) is 0 Å². The van der Waals surface area contributed by atoms with E-state index in [0.717, 1.165) is 5.69 Å². The standard InChI is InChI=1S/C9H15N3O2S/c1-7-6-9(10)12(11-7)8-2-4-15(13,14)5-3-8/h6,8H,2-5,10H2,1H3. The Labute approximate surface area is 89.2 Å². The third kappa shape index (κ3) is 2.14. The number of nitrogen functional groups attached to an aromatic ring is 1. The Balaban J connectivity index is 2.17. The van der Waals surface area contributed by atoms with Crippen LogP contribution in [0.3, 0.4) is 0 Å². The number of aromatic nitrogens is 2. The summed E-state index contributed by atoms with van der Waals surface area (Å²) in [6.45, 7) is 1.88. The van der Waals surface area contributed by atoms with Crippen LogP contribution in [0.4, 0.5) is 5.82 Å². The van der Waals surface area contributed by atoms with Crippen LogP contribution in [0.1, 0.15) is 24.6 Å². The molecule has 15 heavy (non-hydrogen) atoms. The predicted octanol–water partition coefficient (Wildman–Crippen LogP) is 0.523. The molecule has 0 amide bonds. The summed E-state index contributed by atoms with van der Waals surface area (Å²) >= 11 is 0. The van der Waals surface area contributed by atoms with Crippen LogP contribution in [0, 0.1) is 6.92 Å². The topological polar surface area (TPSA) is 78.0 Å². The van der Waals surface area contributed by atoms with Crippen LogP contribution < -0.4 is 5.73 Å². The number of aryl methyl sites for hydroxylation is 1. The van der Waals surface area contributed by atoms with Gasteiger partial charge in [0.15, 0.2) is 0 Å². The molecule has 2 heterocycles. The fraction of sp³-hybridized carbons (Fsp3) is 0.667. The number of hydrogen-bond acceptors (Lipinski definition) is 4. The van der Waals surface area contributed by atoms with Gasteiger partial charge in [0.1, 0.15) is 15.7 Å².